The molecule has 0 radical (unpaired) electrons. The summed E-state index contributed by atoms with van der Waals surface area (Å²) in [6, 6.07) is 6.42. The molecule has 25 heavy (non-hydrogen) atoms. The number of hydrogen-bond donors (Lipinski definition) is 1. The van der Waals surface area contributed by atoms with Crippen molar-refractivity contribution >= 4 is 5.91 Å². The van der Waals surface area contributed by atoms with E-state index < -0.39 is 6.10 Å². The Morgan fingerprint density at radius 3 is 2.56 bits per heavy atom. The van der Waals surface area contributed by atoms with Crippen molar-refractivity contribution in [3.8, 4) is 0 Å². The van der Waals surface area contributed by atoms with Crippen LogP contribution in [0.25, 0.3) is 0 Å². The van der Waals surface area contributed by atoms with Crippen LogP contribution in [0, 0.1) is 5.82 Å². The van der Waals surface area contributed by atoms with Crippen molar-refractivity contribution in [1.82, 2.24) is 14.7 Å². The molecule has 2 saturated heterocycles. The minimum atomic E-state index is -0.454. The Kier molecular flexibility index (Phi) is 6.04. The molecular formula is C19H28FN3O2. The number of carbonyl (C=O) groups is 1. The number of halogens is 1. The number of aliphatic hydroxyl groups is 1. The monoisotopic (exact) mass is 349 g/mol. The van der Waals surface area contributed by atoms with Gasteiger partial charge in [0.25, 0.3) is 0 Å². The van der Waals surface area contributed by atoms with Gasteiger partial charge in [-0.3, -0.25) is 14.6 Å². The lowest BCUT2D eigenvalue weighted by Crippen LogP contribution is -2.46. The number of β-amino-alcohol motifs (C(OH)–C–C–N with tert-alkyl or cyclic N) is 1. The zero-order valence-corrected chi connectivity index (χ0v) is 14.9. The molecule has 1 aromatic rings. The molecule has 138 valence electrons. The number of carbonyl (C=O) groups excluding carboxylic acids is 1. The van der Waals surface area contributed by atoms with E-state index >= 15 is 0 Å². The third-order valence-electron chi connectivity index (χ3n) is 5.24. The average molecular weight is 349 g/mol. The SMILES string of the molecule is CN(CC(=O)N1CC(O)C(N2CCCCC2)C1)Cc1ccc(F)cc1. The maximum absolute atomic E-state index is 13.0. The Balaban J connectivity index is 1.50. The van der Waals surface area contributed by atoms with Crippen LogP contribution in [0.4, 0.5) is 4.39 Å². The van der Waals surface area contributed by atoms with E-state index in [1.165, 1.54) is 31.4 Å². The van der Waals surface area contributed by atoms with E-state index in [0.29, 0.717) is 26.2 Å². The number of piperidine rings is 1. The lowest BCUT2D eigenvalue weighted by Gasteiger charge is -2.33. The maximum atomic E-state index is 13.0. The molecule has 0 saturated carbocycles. The van der Waals surface area contributed by atoms with Crippen LogP contribution in [0.2, 0.25) is 0 Å². The normalized spacial score (nSPS) is 24.9. The lowest BCUT2D eigenvalue weighted by molar-refractivity contribution is -0.131. The minimum Gasteiger partial charge on any atom is -0.390 e. The molecule has 2 heterocycles. The van der Waals surface area contributed by atoms with E-state index in [-0.39, 0.29) is 17.8 Å². The maximum Gasteiger partial charge on any atom is 0.236 e. The minimum absolute atomic E-state index is 0.0446. The predicted octanol–water partition coefficient (Wildman–Crippen LogP) is 1.32. The van der Waals surface area contributed by atoms with Gasteiger partial charge in [0.05, 0.1) is 18.7 Å². The molecule has 1 amide bonds. The van der Waals surface area contributed by atoms with E-state index in [1.54, 1.807) is 17.0 Å². The van der Waals surface area contributed by atoms with Crippen LogP contribution in [0.5, 0.6) is 0 Å². The predicted molar refractivity (Wildman–Crippen MR) is 94.5 cm³/mol. The summed E-state index contributed by atoms with van der Waals surface area (Å²) >= 11 is 0. The molecule has 2 aliphatic rings. The highest BCUT2D eigenvalue weighted by Gasteiger charge is 2.37. The Bertz CT molecular complexity index is 575. The molecule has 2 fully saturated rings. The van der Waals surface area contributed by atoms with Crippen LogP contribution in [0.15, 0.2) is 24.3 Å². The Hall–Kier alpha value is -1.50. The summed E-state index contributed by atoms with van der Waals surface area (Å²) < 4.78 is 13.0. The second-order valence-electron chi connectivity index (χ2n) is 7.33. The van der Waals surface area contributed by atoms with E-state index in [2.05, 4.69) is 4.90 Å². The number of aliphatic hydroxyl groups excluding tert-OH is 1. The fourth-order valence-electron chi connectivity index (χ4n) is 3.87. The van der Waals surface area contributed by atoms with Gasteiger partial charge in [-0.2, -0.15) is 0 Å². The molecule has 6 heteroatoms. The van der Waals surface area contributed by atoms with Gasteiger partial charge >= 0.3 is 0 Å². The topological polar surface area (TPSA) is 47.0 Å². The van der Waals surface area contributed by atoms with Crippen molar-refractivity contribution in [1.29, 1.82) is 0 Å². The van der Waals surface area contributed by atoms with Crippen LogP contribution < -0.4 is 0 Å². The van der Waals surface area contributed by atoms with Gasteiger partial charge in [0.1, 0.15) is 5.82 Å². The molecule has 1 N–H and O–H groups in total. The first-order valence-corrected chi connectivity index (χ1v) is 9.16. The summed E-state index contributed by atoms with van der Waals surface area (Å²) in [6.45, 7) is 3.98. The van der Waals surface area contributed by atoms with E-state index in [0.717, 1.165) is 18.7 Å². The number of hydrogen-bond acceptors (Lipinski definition) is 4. The molecule has 3 rings (SSSR count). The smallest absolute Gasteiger partial charge is 0.236 e. The number of benzene rings is 1. The quantitative estimate of drug-likeness (QED) is 0.871. The van der Waals surface area contributed by atoms with Crippen LogP contribution >= 0.6 is 0 Å². The Labute approximate surface area is 149 Å². The first-order chi connectivity index (χ1) is 12.0. The third kappa shape index (κ3) is 4.77. The number of nitrogens with zero attached hydrogens (tertiary/aromatic N) is 3. The summed E-state index contributed by atoms with van der Waals surface area (Å²) in [5, 5.41) is 10.4. The summed E-state index contributed by atoms with van der Waals surface area (Å²) in [5.74, 6) is -0.208. The van der Waals surface area contributed by atoms with Gasteiger partial charge in [-0.05, 0) is 50.7 Å². The summed E-state index contributed by atoms with van der Waals surface area (Å²) in [5.41, 5.74) is 0.976. The van der Waals surface area contributed by atoms with Crippen LogP contribution in [0.3, 0.4) is 0 Å². The third-order valence-corrected chi connectivity index (χ3v) is 5.24. The number of rotatable bonds is 5. The summed E-state index contributed by atoms with van der Waals surface area (Å²) in [7, 11) is 1.88. The highest BCUT2D eigenvalue weighted by Crippen LogP contribution is 2.21. The summed E-state index contributed by atoms with van der Waals surface area (Å²) in [6.07, 6.45) is 3.16. The second-order valence-corrected chi connectivity index (χ2v) is 7.33. The largest absolute Gasteiger partial charge is 0.390 e. The van der Waals surface area contributed by atoms with Crippen molar-refractivity contribution in [3.63, 3.8) is 0 Å². The molecule has 1 aromatic carbocycles. The average Bonchev–Trinajstić information content (AvgIpc) is 3.00. The molecule has 2 aliphatic heterocycles. The van der Waals surface area contributed by atoms with Crippen molar-refractivity contribution in [2.45, 2.75) is 38.0 Å². The van der Waals surface area contributed by atoms with Gasteiger partial charge < -0.3 is 10.0 Å². The highest BCUT2D eigenvalue weighted by molar-refractivity contribution is 5.78. The number of amides is 1. The highest BCUT2D eigenvalue weighted by atomic mass is 19.1. The zero-order chi connectivity index (χ0) is 17.8. The van der Waals surface area contributed by atoms with Gasteiger partial charge in [-0.1, -0.05) is 18.6 Å². The van der Waals surface area contributed by atoms with Gasteiger partial charge in [-0.15, -0.1) is 0 Å². The standard InChI is InChI=1S/C19H28FN3O2/c1-21(11-15-5-7-16(20)8-6-15)14-19(25)23-12-17(18(24)13-23)22-9-3-2-4-10-22/h5-8,17-18,24H,2-4,9-14H2,1H3. The molecule has 2 unspecified atom stereocenters. The van der Waals surface area contributed by atoms with Crippen LogP contribution in [-0.4, -0.2) is 77.6 Å². The molecule has 0 bridgehead atoms. The van der Waals surface area contributed by atoms with E-state index in [9.17, 15) is 14.3 Å². The van der Waals surface area contributed by atoms with Gasteiger partial charge in [0.2, 0.25) is 5.91 Å². The van der Waals surface area contributed by atoms with E-state index in [4.69, 9.17) is 0 Å². The van der Waals surface area contributed by atoms with Gasteiger partial charge in [0, 0.05) is 19.6 Å². The number of likely N-dealkylation sites (tertiary alicyclic amines) is 2. The molecular weight excluding hydrogens is 321 g/mol. The van der Waals surface area contributed by atoms with Crippen LogP contribution in [0.1, 0.15) is 24.8 Å². The van der Waals surface area contributed by atoms with Crippen molar-refractivity contribution in [3.05, 3.63) is 35.6 Å². The zero-order valence-electron chi connectivity index (χ0n) is 14.9. The first-order valence-electron chi connectivity index (χ1n) is 9.16. The molecule has 5 nitrogen and oxygen atoms in total. The van der Waals surface area contributed by atoms with Gasteiger partial charge in [0.15, 0.2) is 0 Å². The van der Waals surface area contributed by atoms with Crippen molar-refractivity contribution in [2.75, 3.05) is 39.8 Å². The lowest BCUT2D eigenvalue weighted by atomic mass is 10.1. The van der Waals surface area contributed by atoms with Crippen molar-refractivity contribution < 1.29 is 14.3 Å². The fourth-order valence-corrected chi connectivity index (χ4v) is 3.87. The molecule has 0 aromatic heterocycles. The van der Waals surface area contributed by atoms with E-state index in [1.807, 2.05) is 11.9 Å². The second kappa shape index (κ2) is 8.25. The first kappa shape index (κ1) is 18.3. The van der Waals surface area contributed by atoms with Gasteiger partial charge in [-0.25, -0.2) is 4.39 Å². The Morgan fingerprint density at radius 2 is 1.88 bits per heavy atom. The molecule has 0 spiro atoms. The number of likely N-dealkylation sites (N-methyl/N-ethyl adjacent to an activating group) is 1. The Morgan fingerprint density at radius 1 is 1.20 bits per heavy atom. The molecule has 0 aliphatic carbocycles. The summed E-state index contributed by atoms with van der Waals surface area (Å²) in [4.78, 5) is 18.6. The van der Waals surface area contributed by atoms with Crippen molar-refractivity contribution in [2.24, 2.45) is 0 Å². The van der Waals surface area contributed by atoms with Crippen LogP contribution in [-0.2, 0) is 11.3 Å². The fraction of sp³-hybridized carbons (Fsp3) is 0.632. The molecule has 2 atom stereocenters.